The second-order valence-electron chi connectivity index (χ2n) is 5.32. The minimum Gasteiger partial charge on any atom is -0.442 e. The monoisotopic (exact) mass is 383 g/mol. The highest BCUT2D eigenvalue weighted by Crippen LogP contribution is 2.36. The Morgan fingerprint density at radius 1 is 1.54 bits per heavy atom. The Labute approximate surface area is 149 Å². The second kappa shape index (κ2) is 8.21. The Hall–Kier alpha value is -2.57. The summed E-state index contributed by atoms with van der Waals surface area (Å²) in [6.45, 7) is 0.247. The molecule has 0 amide bonds. The third-order valence-electron chi connectivity index (χ3n) is 3.71. The lowest BCUT2D eigenvalue weighted by Crippen LogP contribution is -2.26. The second-order valence-corrected chi connectivity index (χ2v) is 6.52. The number of aliphatic imine (C=N–C) groups is 1. The van der Waals surface area contributed by atoms with Gasteiger partial charge in [-0.05, 0) is 40.0 Å². The fourth-order valence-electron chi connectivity index (χ4n) is 2.50. The van der Waals surface area contributed by atoms with Crippen LogP contribution in [0, 0.1) is 5.82 Å². The van der Waals surface area contributed by atoms with Crippen LogP contribution in [0.5, 0.6) is 0 Å². The first-order chi connectivity index (χ1) is 12.6. The van der Waals surface area contributed by atoms with Gasteiger partial charge in [-0.3, -0.25) is 25.0 Å². The number of anilines is 1. The lowest BCUT2D eigenvalue weighted by Gasteiger charge is -2.27. The highest BCUT2D eigenvalue weighted by atomic mass is 32.2. The van der Waals surface area contributed by atoms with Crippen LogP contribution in [-0.4, -0.2) is 40.8 Å². The van der Waals surface area contributed by atoms with Crippen LogP contribution in [0.4, 0.5) is 10.2 Å². The Balaban J connectivity index is 1.72. The molecule has 3 rings (SSSR count). The van der Waals surface area contributed by atoms with Gasteiger partial charge in [0.15, 0.2) is 11.5 Å². The number of hydrogen-bond donors (Lipinski definition) is 3. The molecular weight excluding hydrogens is 367 g/mol. The van der Waals surface area contributed by atoms with E-state index in [-0.39, 0.29) is 41.5 Å². The summed E-state index contributed by atoms with van der Waals surface area (Å²) in [6.07, 6.45) is 0.617. The van der Waals surface area contributed by atoms with E-state index < -0.39 is 10.6 Å². The van der Waals surface area contributed by atoms with Crippen LogP contribution in [-0.2, 0) is 26.1 Å². The highest BCUT2D eigenvalue weighted by Gasteiger charge is 2.28. The summed E-state index contributed by atoms with van der Waals surface area (Å²) in [7, 11) is -0.188. The van der Waals surface area contributed by atoms with Crippen molar-refractivity contribution in [3.8, 4) is 0 Å². The van der Waals surface area contributed by atoms with Gasteiger partial charge in [0, 0.05) is 6.54 Å². The number of amidine groups is 1. The maximum absolute atomic E-state index is 13.4. The molecule has 1 unspecified atom stereocenters. The number of nitrogens with zero attached hydrogens (tertiary/aromatic N) is 4. The molecule has 1 aliphatic carbocycles. The number of nitrogens with one attached hydrogen (secondary N) is 2. The number of rotatable bonds is 7. The van der Waals surface area contributed by atoms with Gasteiger partial charge >= 0.3 is 0 Å². The first-order valence-corrected chi connectivity index (χ1v) is 8.85. The Kier molecular flexibility index (Phi) is 5.75. The van der Waals surface area contributed by atoms with Crippen LogP contribution < -0.4 is 10.8 Å². The molecule has 10 nitrogen and oxygen atoms in total. The Morgan fingerprint density at radius 3 is 3.15 bits per heavy atom. The molecule has 140 valence electrons. The Bertz CT molecular complexity index is 895. The summed E-state index contributed by atoms with van der Waals surface area (Å²) in [4.78, 5) is 8.78. The van der Waals surface area contributed by atoms with E-state index in [1.807, 2.05) is 5.48 Å². The number of fused-ring (bicyclic) bond motifs is 1. The molecule has 1 heterocycles. The van der Waals surface area contributed by atoms with Crippen molar-refractivity contribution in [1.29, 1.82) is 0 Å². The van der Waals surface area contributed by atoms with E-state index in [1.165, 1.54) is 19.2 Å². The van der Waals surface area contributed by atoms with E-state index in [1.54, 1.807) is 6.07 Å². The van der Waals surface area contributed by atoms with Crippen LogP contribution in [0.15, 0.2) is 32.3 Å². The van der Waals surface area contributed by atoms with Crippen molar-refractivity contribution < 1.29 is 23.3 Å². The van der Waals surface area contributed by atoms with Crippen LogP contribution >= 0.6 is 0 Å². The molecule has 0 radical (unpaired) electrons. The largest absolute Gasteiger partial charge is 0.442 e. The molecule has 0 bridgehead atoms. The number of aromatic nitrogens is 2. The molecule has 0 aliphatic heterocycles. The highest BCUT2D eigenvalue weighted by molar-refractivity contribution is 7.74. The zero-order valence-electron chi connectivity index (χ0n) is 13.7. The van der Waals surface area contributed by atoms with E-state index in [4.69, 9.17) is 0 Å². The van der Waals surface area contributed by atoms with Crippen molar-refractivity contribution in [3.05, 3.63) is 40.8 Å². The zero-order valence-corrected chi connectivity index (χ0v) is 14.5. The van der Waals surface area contributed by atoms with E-state index in [2.05, 4.69) is 34.6 Å². The van der Waals surface area contributed by atoms with E-state index in [9.17, 15) is 13.8 Å². The zero-order chi connectivity index (χ0) is 18.5. The van der Waals surface area contributed by atoms with Crippen molar-refractivity contribution in [2.75, 3.05) is 24.7 Å². The van der Waals surface area contributed by atoms with Gasteiger partial charge in [0.05, 0.1) is 13.2 Å². The fraction of sp³-hybridized carbons (Fsp3) is 0.357. The molecule has 0 saturated heterocycles. The summed E-state index contributed by atoms with van der Waals surface area (Å²) in [5, 5.41) is 19.7. The van der Waals surface area contributed by atoms with Crippen LogP contribution in [0.2, 0.25) is 0 Å². The molecule has 1 aromatic carbocycles. The third kappa shape index (κ3) is 3.98. The first kappa shape index (κ1) is 18.2. The number of hydroxylamine groups is 1. The van der Waals surface area contributed by atoms with Crippen LogP contribution in [0.3, 0.4) is 0 Å². The molecule has 12 heteroatoms. The minimum absolute atomic E-state index is 0.0244. The Morgan fingerprint density at radius 2 is 2.38 bits per heavy atom. The predicted molar refractivity (Wildman–Crippen MR) is 89.4 cm³/mol. The molecule has 0 fully saturated rings. The summed E-state index contributed by atoms with van der Waals surface area (Å²) < 4.78 is 32.8. The summed E-state index contributed by atoms with van der Waals surface area (Å²) in [5.74, 6) is 0.0611. The van der Waals surface area contributed by atoms with E-state index in [0.29, 0.717) is 6.42 Å². The first-order valence-electron chi connectivity index (χ1n) is 7.58. The van der Waals surface area contributed by atoms with Gasteiger partial charge in [-0.15, -0.1) is 0 Å². The minimum atomic E-state index is -1.50. The average Bonchev–Trinajstić information content (AvgIpc) is 3.06. The average molecular weight is 383 g/mol. The van der Waals surface area contributed by atoms with Gasteiger partial charge < -0.3 is 9.53 Å². The lowest BCUT2D eigenvalue weighted by atomic mass is 9.83. The quantitative estimate of drug-likeness (QED) is 0.282. The standard InChI is InChI=1S/C14H16FN6O4S/c1-24-21-26(23)5-4-16-13-12(19-25-20-13)14(18-22)17-11-6-8-2-3-9(15)7-10(8)11/h2-3,7,11,22H,4-6H2,1H3,(H,16,20)(H,17,18)/q-1. The van der Waals surface area contributed by atoms with Gasteiger partial charge in [0.25, 0.3) is 0 Å². The molecule has 3 N–H and O–H groups in total. The summed E-state index contributed by atoms with van der Waals surface area (Å²) >= 11 is 0. The van der Waals surface area contributed by atoms with Crippen LogP contribution in [0.25, 0.3) is 0 Å². The molecule has 0 saturated carbocycles. The number of hydrogen-bond acceptors (Lipinski definition) is 10. The van der Waals surface area contributed by atoms with Gasteiger partial charge in [-0.2, -0.15) is 10.6 Å². The number of benzene rings is 1. The molecular formula is C14H16FN6O4S-. The maximum Gasteiger partial charge on any atom is 0.202 e. The summed E-state index contributed by atoms with van der Waals surface area (Å²) in [6, 6.07) is 4.20. The molecule has 1 aromatic heterocycles. The smallest absolute Gasteiger partial charge is 0.202 e. The molecule has 1 atom stereocenters. The molecule has 2 aromatic rings. The van der Waals surface area contributed by atoms with Gasteiger partial charge in [-0.25, -0.2) is 9.02 Å². The van der Waals surface area contributed by atoms with Gasteiger partial charge in [0.1, 0.15) is 5.82 Å². The predicted octanol–water partition coefficient (Wildman–Crippen LogP) is 1.35. The number of halogens is 1. The SMILES string of the molecule is CON=[S-](=O)CCNc1nonc1C(=NC1Cc2ccc(F)cc21)NO. The van der Waals surface area contributed by atoms with Crippen molar-refractivity contribution in [3.63, 3.8) is 0 Å². The summed E-state index contributed by atoms with van der Waals surface area (Å²) in [5.41, 5.74) is 3.86. The third-order valence-corrected chi connectivity index (χ3v) is 4.58. The molecule has 0 spiro atoms. The molecule has 26 heavy (non-hydrogen) atoms. The molecule has 1 aliphatic rings. The lowest BCUT2D eigenvalue weighted by molar-refractivity contribution is 0.219. The normalized spacial score (nSPS) is 17.5. The van der Waals surface area contributed by atoms with Crippen molar-refractivity contribution in [2.24, 2.45) is 9.52 Å². The fourth-order valence-corrected chi connectivity index (χ4v) is 3.02. The van der Waals surface area contributed by atoms with Gasteiger partial charge in [-0.1, -0.05) is 11.8 Å². The van der Waals surface area contributed by atoms with Gasteiger partial charge in [0.2, 0.25) is 5.82 Å². The van der Waals surface area contributed by atoms with Crippen molar-refractivity contribution in [2.45, 2.75) is 12.5 Å². The maximum atomic E-state index is 13.4. The van der Waals surface area contributed by atoms with Crippen LogP contribution in [0.1, 0.15) is 22.9 Å². The topological polar surface area (TPSA) is 134 Å². The van der Waals surface area contributed by atoms with Crippen molar-refractivity contribution in [1.82, 2.24) is 15.8 Å². The van der Waals surface area contributed by atoms with E-state index in [0.717, 1.165) is 11.1 Å². The van der Waals surface area contributed by atoms with E-state index >= 15 is 0 Å². The van der Waals surface area contributed by atoms with Crippen molar-refractivity contribution >= 4 is 22.2 Å².